The molecular formula is C6H9IO4. The number of aliphatic hydroxyl groups excluding tert-OH is 2. The number of ether oxygens (including phenoxy) is 2. The second-order valence-corrected chi connectivity index (χ2v) is 4.24. The summed E-state index contributed by atoms with van der Waals surface area (Å²) in [5, 5.41) is 18.8. The van der Waals surface area contributed by atoms with Gasteiger partial charge in [-0.2, -0.15) is 0 Å². The largest absolute Gasteiger partial charge is 0.389 e. The lowest BCUT2D eigenvalue weighted by molar-refractivity contribution is -0.156. The molecule has 2 N–H and O–H groups in total. The van der Waals surface area contributed by atoms with Crippen LogP contribution in [0.3, 0.4) is 0 Å². The molecule has 11 heavy (non-hydrogen) atoms. The van der Waals surface area contributed by atoms with Crippen LogP contribution in [0.4, 0.5) is 0 Å². The van der Waals surface area contributed by atoms with Gasteiger partial charge in [0.15, 0.2) is 6.29 Å². The molecule has 2 aliphatic rings. The molecule has 0 radical (unpaired) electrons. The molecule has 0 aromatic carbocycles. The van der Waals surface area contributed by atoms with Crippen molar-refractivity contribution in [3.8, 4) is 0 Å². The lowest BCUT2D eigenvalue weighted by Gasteiger charge is -2.32. The van der Waals surface area contributed by atoms with E-state index in [1.165, 1.54) is 0 Å². The van der Waals surface area contributed by atoms with E-state index in [4.69, 9.17) is 9.47 Å². The number of aliphatic hydroxyl groups is 2. The van der Waals surface area contributed by atoms with Gasteiger partial charge in [-0.05, 0) is 0 Å². The zero-order valence-corrected chi connectivity index (χ0v) is 7.84. The van der Waals surface area contributed by atoms with Crippen LogP contribution in [0, 0.1) is 0 Å². The Labute approximate surface area is 77.6 Å². The maximum absolute atomic E-state index is 9.41. The van der Waals surface area contributed by atoms with Crippen molar-refractivity contribution in [2.24, 2.45) is 0 Å². The Morgan fingerprint density at radius 3 is 2.73 bits per heavy atom. The van der Waals surface area contributed by atoms with E-state index in [2.05, 4.69) is 0 Å². The molecule has 2 bridgehead atoms. The minimum absolute atomic E-state index is 0.165. The Bertz CT molecular complexity index is 145. The van der Waals surface area contributed by atoms with Crippen molar-refractivity contribution in [1.29, 1.82) is 0 Å². The average Bonchev–Trinajstić information content (AvgIpc) is 2.44. The van der Waals surface area contributed by atoms with Crippen molar-refractivity contribution >= 4 is 22.6 Å². The van der Waals surface area contributed by atoms with Gasteiger partial charge in [-0.15, -0.1) is 0 Å². The van der Waals surface area contributed by atoms with E-state index in [1.807, 2.05) is 22.6 Å². The Morgan fingerprint density at radius 1 is 1.27 bits per heavy atom. The highest BCUT2D eigenvalue weighted by atomic mass is 127. The average molecular weight is 272 g/mol. The third-order valence-corrected chi connectivity index (χ3v) is 3.37. The Hall–Kier alpha value is 0.570. The first-order valence-corrected chi connectivity index (χ1v) is 4.72. The predicted molar refractivity (Wildman–Crippen MR) is 44.4 cm³/mol. The maximum Gasteiger partial charge on any atom is 0.172 e. The van der Waals surface area contributed by atoms with E-state index < -0.39 is 12.2 Å². The molecule has 0 aromatic rings. The minimum atomic E-state index is -0.796. The van der Waals surface area contributed by atoms with Gasteiger partial charge in [0.1, 0.15) is 12.2 Å². The van der Waals surface area contributed by atoms with E-state index in [0.29, 0.717) is 6.61 Å². The van der Waals surface area contributed by atoms with Gasteiger partial charge in [-0.25, -0.2) is 0 Å². The SMILES string of the molecule is OC1[C@H]2CO[C@H](O2)[C@H](I)[C@H]1O. The van der Waals surface area contributed by atoms with E-state index in [-0.39, 0.29) is 16.3 Å². The number of fused-ring (bicyclic) bond motifs is 2. The summed E-state index contributed by atoms with van der Waals surface area (Å²) in [6.45, 7) is 0.391. The molecule has 64 valence electrons. The zero-order valence-electron chi connectivity index (χ0n) is 5.68. The van der Waals surface area contributed by atoms with Gasteiger partial charge in [-0.1, -0.05) is 22.6 Å². The smallest absolute Gasteiger partial charge is 0.172 e. The highest BCUT2D eigenvalue weighted by Crippen LogP contribution is 2.32. The molecule has 2 rings (SSSR count). The number of alkyl halides is 1. The quantitative estimate of drug-likeness (QED) is 0.451. The monoisotopic (exact) mass is 272 g/mol. The molecule has 2 fully saturated rings. The molecule has 5 heteroatoms. The molecule has 2 aliphatic heterocycles. The molecule has 0 aliphatic carbocycles. The predicted octanol–water partition coefficient (Wildman–Crippen LogP) is -0.733. The van der Waals surface area contributed by atoms with Crippen molar-refractivity contribution in [2.45, 2.75) is 28.5 Å². The summed E-state index contributed by atoms with van der Waals surface area (Å²) >= 11 is 2.03. The molecule has 5 atom stereocenters. The number of halogens is 1. The van der Waals surface area contributed by atoms with Gasteiger partial charge in [0.05, 0.1) is 16.6 Å². The van der Waals surface area contributed by atoms with Gasteiger partial charge in [-0.3, -0.25) is 0 Å². The number of hydrogen-bond acceptors (Lipinski definition) is 4. The molecule has 2 heterocycles. The Morgan fingerprint density at radius 2 is 2.00 bits per heavy atom. The first-order valence-electron chi connectivity index (χ1n) is 3.47. The van der Waals surface area contributed by atoms with Crippen molar-refractivity contribution in [3.63, 3.8) is 0 Å². The summed E-state index contributed by atoms with van der Waals surface area (Å²) in [7, 11) is 0. The second kappa shape index (κ2) is 2.81. The second-order valence-electron chi connectivity index (χ2n) is 2.80. The van der Waals surface area contributed by atoms with Crippen LogP contribution in [-0.4, -0.2) is 45.3 Å². The van der Waals surface area contributed by atoms with Crippen molar-refractivity contribution < 1.29 is 19.7 Å². The van der Waals surface area contributed by atoms with Crippen LogP contribution in [0.1, 0.15) is 0 Å². The summed E-state index contributed by atoms with van der Waals surface area (Å²) in [6.07, 6.45) is -2.18. The first kappa shape index (κ1) is 8.18. The highest BCUT2D eigenvalue weighted by Gasteiger charge is 2.48. The molecule has 1 unspecified atom stereocenters. The summed E-state index contributed by atoms with van der Waals surface area (Å²) < 4.78 is 10.3. The molecular weight excluding hydrogens is 263 g/mol. The van der Waals surface area contributed by atoms with Gasteiger partial charge < -0.3 is 19.7 Å². The maximum atomic E-state index is 9.41. The van der Waals surface area contributed by atoms with Crippen LogP contribution in [-0.2, 0) is 9.47 Å². The fourth-order valence-electron chi connectivity index (χ4n) is 1.36. The Balaban J connectivity index is 2.16. The van der Waals surface area contributed by atoms with Crippen molar-refractivity contribution in [1.82, 2.24) is 0 Å². The van der Waals surface area contributed by atoms with E-state index >= 15 is 0 Å². The molecule has 4 nitrogen and oxygen atoms in total. The fourth-order valence-corrected chi connectivity index (χ4v) is 2.16. The third-order valence-electron chi connectivity index (χ3n) is 2.05. The van der Waals surface area contributed by atoms with Crippen LogP contribution in [0.15, 0.2) is 0 Å². The van der Waals surface area contributed by atoms with Crippen molar-refractivity contribution in [2.75, 3.05) is 6.61 Å². The first-order chi connectivity index (χ1) is 5.20. The molecule has 2 saturated heterocycles. The van der Waals surface area contributed by atoms with Crippen LogP contribution >= 0.6 is 22.6 Å². The normalized spacial score (nSPS) is 56.5. The molecule has 0 amide bonds. The Kier molecular flexibility index (Phi) is 2.09. The lowest BCUT2D eigenvalue weighted by Crippen LogP contribution is -2.51. The summed E-state index contributed by atoms with van der Waals surface area (Å²) in [5.41, 5.74) is 0. The summed E-state index contributed by atoms with van der Waals surface area (Å²) in [5.74, 6) is 0. The topological polar surface area (TPSA) is 58.9 Å². The van der Waals surface area contributed by atoms with Gasteiger partial charge in [0.25, 0.3) is 0 Å². The fraction of sp³-hybridized carbons (Fsp3) is 1.00. The highest BCUT2D eigenvalue weighted by molar-refractivity contribution is 14.1. The zero-order chi connectivity index (χ0) is 8.01. The minimum Gasteiger partial charge on any atom is -0.389 e. The summed E-state index contributed by atoms with van der Waals surface area (Å²) in [4.78, 5) is 0. The molecule has 0 spiro atoms. The van der Waals surface area contributed by atoms with Crippen molar-refractivity contribution in [3.05, 3.63) is 0 Å². The van der Waals surface area contributed by atoms with Crippen LogP contribution in [0.5, 0.6) is 0 Å². The van der Waals surface area contributed by atoms with E-state index in [1.54, 1.807) is 0 Å². The van der Waals surface area contributed by atoms with E-state index in [9.17, 15) is 10.2 Å². The van der Waals surface area contributed by atoms with Gasteiger partial charge in [0.2, 0.25) is 0 Å². The van der Waals surface area contributed by atoms with Crippen LogP contribution in [0.25, 0.3) is 0 Å². The van der Waals surface area contributed by atoms with E-state index in [0.717, 1.165) is 0 Å². The number of hydrogen-bond donors (Lipinski definition) is 2. The van der Waals surface area contributed by atoms with Gasteiger partial charge >= 0.3 is 0 Å². The lowest BCUT2D eigenvalue weighted by atomic mass is 10.0. The standard InChI is InChI=1S/C6H9IO4/c7-3-5(9)4(8)2-1-10-6(3)11-2/h2-6,8-9H,1H2/t2-,3-,4?,5-,6-/m1/s1. The molecule has 0 aromatic heterocycles. The molecule has 0 saturated carbocycles. The van der Waals surface area contributed by atoms with Crippen LogP contribution in [0.2, 0.25) is 0 Å². The summed E-state index contributed by atoms with van der Waals surface area (Å²) in [6, 6.07) is 0. The number of rotatable bonds is 0. The van der Waals surface area contributed by atoms with Crippen LogP contribution < -0.4 is 0 Å². The van der Waals surface area contributed by atoms with Gasteiger partial charge in [0, 0.05) is 0 Å². The third kappa shape index (κ3) is 1.19.